The van der Waals surface area contributed by atoms with Gasteiger partial charge in [-0.15, -0.1) is 0 Å². The van der Waals surface area contributed by atoms with Crippen molar-refractivity contribution in [1.29, 1.82) is 0 Å². The van der Waals surface area contributed by atoms with Crippen LogP contribution in [0.5, 0.6) is 5.75 Å². The molecular formula is C23H31N3O2. The van der Waals surface area contributed by atoms with Gasteiger partial charge in [0.2, 0.25) is 0 Å². The van der Waals surface area contributed by atoms with Crippen molar-refractivity contribution in [2.45, 2.75) is 19.9 Å². The van der Waals surface area contributed by atoms with Crippen molar-refractivity contribution in [3.63, 3.8) is 0 Å². The minimum Gasteiger partial charge on any atom is -0.497 e. The van der Waals surface area contributed by atoms with Gasteiger partial charge < -0.3 is 15.0 Å². The van der Waals surface area contributed by atoms with Crippen molar-refractivity contribution in [2.75, 3.05) is 46.9 Å². The average Bonchev–Trinajstić information content (AvgIpc) is 2.71. The lowest BCUT2D eigenvalue weighted by Gasteiger charge is -2.38. The average molecular weight is 382 g/mol. The molecule has 1 atom stereocenters. The normalized spacial score (nSPS) is 16.6. The first-order valence-electron chi connectivity index (χ1n) is 9.90. The topological polar surface area (TPSA) is 44.8 Å². The number of amides is 1. The summed E-state index contributed by atoms with van der Waals surface area (Å²) in [6.45, 7) is 8.75. The van der Waals surface area contributed by atoms with Gasteiger partial charge in [-0.05, 0) is 61.9 Å². The first-order chi connectivity index (χ1) is 13.5. The number of carbonyl (C=O) groups is 1. The van der Waals surface area contributed by atoms with Crippen LogP contribution in [0, 0.1) is 13.8 Å². The number of likely N-dealkylation sites (N-methyl/N-ethyl adjacent to an activating group) is 1. The molecule has 5 nitrogen and oxygen atoms in total. The Labute approximate surface area is 168 Å². The van der Waals surface area contributed by atoms with Gasteiger partial charge in [0.05, 0.1) is 13.2 Å². The summed E-state index contributed by atoms with van der Waals surface area (Å²) in [5.74, 6) is 0.829. The summed E-state index contributed by atoms with van der Waals surface area (Å²) < 4.78 is 5.30. The number of nitrogens with zero attached hydrogens (tertiary/aromatic N) is 2. The van der Waals surface area contributed by atoms with Crippen LogP contribution in [0.15, 0.2) is 42.5 Å². The molecule has 0 aliphatic carbocycles. The smallest absolute Gasteiger partial charge is 0.251 e. The van der Waals surface area contributed by atoms with Gasteiger partial charge in [-0.1, -0.05) is 18.2 Å². The second-order valence-electron chi connectivity index (χ2n) is 7.64. The highest BCUT2D eigenvalue weighted by Gasteiger charge is 2.24. The molecule has 3 rings (SSSR count). The van der Waals surface area contributed by atoms with E-state index in [0.29, 0.717) is 6.54 Å². The van der Waals surface area contributed by atoms with E-state index in [1.165, 1.54) is 11.1 Å². The molecule has 0 aromatic heterocycles. The maximum absolute atomic E-state index is 12.7. The quantitative estimate of drug-likeness (QED) is 0.835. The third kappa shape index (κ3) is 4.91. The van der Waals surface area contributed by atoms with Crippen molar-refractivity contribution in [3.05, 3.63) is 64.7 Å². The molecule has 2 aromatic rings. The summed E-state index contributed by atoms with van der Waals surface area (Å²) in [7, 11) is 3.83. The Morgan fingerprint density at radius 1 is 1.04 bits per heavy atom. The van der Waals surface area contributed by atoms with Crippen LogP contribution >= 0.6 is 0 Å². The van der Waals surface area contributed by atoms with Crippen LogP contribution < -0.4 is 10.1 Å². The highest BCUT2D eigenvalue weighted by atomic mass is 16.5. The molecule has 1 aliphatic rings. The number of ether oxygens (including phenoxy) is 1. The van der Waals surface area contributed by atoms with Gasteiger partial charge in [0, 0.05) is 38.3 Å². The summed E-state index contributed by atoms with van der Waals surface area (Å²) in [5, 5.41) is 3.16. The Bertz CT molecular complexity index is 796. The Balaban J connectivity index is 1.74. The molecule has 2 aromatic carbocycles. The highest BCUT2D eigenvalue weighted by Crippen LogP contribution is 2.24. The number of carbonyl (C=O) groups excluding carboxylic acids is 1. The van der Waals surface area contributed by atoms with E-state index in [1.807, 2.05) is 37.3 Å². The van der Waals surface area contributed by atoms with Crippen molar-refractivity contribution in [1.82, 2.24) is 15.1 Å². The Morgan fingerprint density at radius 3 is 2.32 bits per heavy atom. The van der Waals surface area contributed by atoms with Gasteiger partial charge in [-0.3, -0.25) is 9.69 Å². The summed E-state index contributed by atoms with van der Waals surface area (Å²) >= 11 is 0. The lowest BCUT2D eigenvalue weighted by molar-refractivity contribution is 0.0886. The zero-order valence-electron chi connectivity index (χ0n) is 17.4. The Kier molecular flexibility index (Phi) is 6.70. The highest BCUT2D eigenvalue weighted by molar-refractivity contribution is 5.94. The molecule has 1 heterocycles. The molecular weight excluding hydrogens is 350 g/mol. The fraction of sp³-hybridized carbons (Fsp3) is 0.435. The van der Waals surface area contributed by atoms with Crippen LogP contribution in [0.25, 0.3) is 0 Å². The molecule has 1 fully saturated rings. The SMILES string of the molecule is COc1ccc(C(CNC(=O)c2ccc(C)c(C)c2)N2CCN(C)CC2)cc1. The van der Waals surface area contributed by atoms with Crippen molar-refractivity contribution in [2.24, 2.45) is 0 Å². The van der Waals surface area contributed by atoms with E-state index in [-0.39, 0.29) is 11.9 Å². The summed E-state index contributed by atoms with van der Waals surface area (Å²) in [6.07, 6.45) is 0. The van der Waals surface area contributed by atoms with E-state index in [1.54, 1.807) is 7.11 Å². The molecule has 5 heteroatoms. The van der Waals surface area contributed by atoms with E-state index in [4.69, 9.17) is 4.74 Å². The van der Waals surface area contributed by atoms with Crippen molar-refractivity contribution in [3.8, 4) is 5.75 Å². The van der Waals surface area contributed by atoms with Crippen LogP contribution in [0.1, 0.15) is 33.1 Å². The molecule has 150 valence electrons. The molecule has 1 amide bonds. The van der Waals surface area contributed by atoms with Gasteiger partial charge in [0.25, 0.3) is 5.91 Å². The van der Waals surface area contributed by atoms with Crippen molar-refractivity contribution >= 4 is 5.91 Å². The minimum atomic E-state index is -0.0178. The van der Waals surface area contributed by atoms with Crippen LogP contribution in [0.4, 0.5) is 0 Å². The van der Waals surface area contributed by atoms with Gasteiger partial charge >= 0.3 is 0 Å². The number of nitrogens with one attached hydrogen (secondary N) is 1. The van der Waals surface area contributed by atoms with E-state index in [2.05, 4.69) is 41.2 Å². The predicted molar refractivity (Wildman–Crippen MR) is 113 cm³/mol. The number of benzene rings is 2. The van der Waals surface area contributed by atoms with Gasteiger partial charge in [-0.25, -0.2) is 0 Å². The number of hydrogen-bond acceptors (Lipinski definition) is 4. The molecule has 1 aliphatic heterocycles. The summed E-state index contributed by atoms with van der Waals surface area (Å²) in [6, 6.07) is 14.2. The van der Waals surface area contributed by atoms with Crippen molar-refractivity contribution < 1.29 is 9.53 Å². The standard InChI is InChI=1S/C23H31N3O2/c1-17-5-6-20(15-18(17)2)23(27)24-16-22(26-13-11-25(3)12-14-26)19-7-9-21(28-4)10-8-19/h5-10,15,22H,11-14,16H2,1-4H3,(H,24,27). The van der Waals surface area contributed by atoms with Gasteiger partial charge in [-0.2, -0.15) is 0 Å². The summed E-state index contributed by atoms with van der Waals surface area (Å²) in [5.41, 5.74) is 4.25. The molecule has 0 bridgehead atoms. The number of hydrogen-bond donors (Lipinski definition) is 1. The number of piperazine rings is 1. The minimum absolute atomic E-state index is 0.0178. The third-order valence-corrected chi connectivity index (χ3v) is 5.70. The molecule has 0 saturated carbocycles. The van der Waals surface area contributed by atoms with Gasteiger partial charge in [0.1, 0.15) is 5.75 Å². The van der Waals surface area contributed by atoms with E-state index in [9.17, 15) is 4.79 Å². The summed E-state index contributed by atoms with van der Waals surface area (Å²) in [4.78, 5) is 17.5. The zero-order valence-corrected chi connectivity index (χ0v) is 17.4. The first kappa shape index (κ1) is 20.4. The van der Waals surface area contributed by atoms with Gasteiger partial charge in [0.15, 0.2) is 0 Å². The number of rotatable bonds is 6. The molecule has 1 saturated heterocycles. The van der Waals surface area contributed by atoms with E-state index < -0.39 is 0 Å². The maximum Gasteiger partial charge on any atom is 0.251 e. The fourth-order valence-corrected chi connectivity index (χ4v) is 3.59. The largest absolute Gasteiger partial charge is 0.497 e. The van der Waals surface area contributed by atoms with E-state index in [0.717, 1.165) is 43.1 Å². The zero-order chi connectivity index (χ0) is 20.1. The van der Waals surface area contributed by atoms with E-state index >= 15 is 0 Å². The van der Waals surface area contributed by atoms with Crippen LogP contribution in [0.2, 0.25) is 0 Å². The predicted octanol–water partition coefficient (Wildman–Crippen LogP) is 3.03. The van der Waals surface area contributed by atoms with Crippen LogP contribution in [-0.2, 0) is 0 Å². The first-order valence-corrected chi connectivity index (χ1v) is 9.90. The van der Waals surface area contributed by atoms with Crippen LogP contribution in [0.3, 0.4) is 0 Å². The molecule has 1 unspecified atom stereocenters. The number of aryl methyl sites for hydroxylation is 2. The Morgan fingerprint density at radius 2 is 1.71 bits per heavy atom. The third-order valence-electron chi connectivity index (χ3n) is 5.70. The molecule has 28 heavy (non-hydrogen) atoms. The monoisotopic (exact) mass is 381 g/mol. The lowest BCUT2D eigenvalue weighted by Crippen LogP contribution is -2.48. The Hall–Kier alpha value is -2.37. The molecule has 1 N–H and O–H groups in total. The molecule has 0 radical (unpaired) electrons. The fourth-order valence-electron chi connectivity index (χ4n) is 3.59. The lowest BCUT2D eigenvalue weighted by atomic mass is 10.0. The second-order valence-corrected chi connectivity index (χ2v) is 7.64. The second kappa shape index (κ2) is 9.22. The molecule has 0 spiro atoms. The number of methoxy groups -OCH3 is 1. The van der Waals surface area contributed by atoms with Crippen LogP contribution in [-0.4, -0.2) is 62.6 Å². The maximum atomic E-state index is 12.7.